The molecule has 1 aromatic carbocycles. The lowest BCUT2D eigenvalue weighted by Crippen LogP contribution is -2.43. The predicted molar refractivity (Wildman–Crippen MR) is 116 cm³/mol. The monoisotopic (exact) mass is 467 g/mol. The SMILES string of the molecule is CN=C(NCCc1cc(OC)ccc1OC)NCC(C)(C)SC.I. The fourth-order valence-corrected chi connectivity index (χ4v) is 2.20. The van der Waals surface area contributed by atoms with Crippen molar-refractivity contribution in [1.29, 1.82) is 0 Å². The van der Waals surface area contributed by atoms with Gasteiger partial charge in [0.25, 0.3) is 0 Å². The maximum absolute atomic E-state index is 5.40. The Balaban J connectivity index is 0.00000529. The minimum absolute atomic E-state index is 0. The number of methoxy groups -OCH3 is 2. The van der Waals surface area contributed by atoms with Crippen LogP contribution < -0.4 is 20.1 Å². The van der Waals surface area contributed by atoms with Gasteiger partial charge in [-0.15, -0.1) is 24.0 Å². The van der Waals surface area contributed by atoms with Gasteiger partial charge in [-0.3, -0.25) is 4.99 Å². The molecule has 0 spiro atoms. The maximum atomic E-state index is 5.40. The van der Waals surface area contributed by atoms with Crippen molar-refractivity contribution in [2.24, 2.45) is 4.99 Å². The number of aliphatic imine (C=N–C) groups is 1. The zero-order valence-electron chi connectivity index (χ0n) is 15.4. The summed E-state index contributed by atoms with van der Waals surface area (Å²) in [7, 11) is 5.14. The molecule has 7 heteroatoms. The number of thioether (sulfide) groups is 1. The van der Waals surface area contributed by atoms with Crippen molar-refractivity contribution >= 4 is 41.7 Å². The van der Waals surface area contributed by atoms with Crippen molar-refractivity contribution in [3.05, 3.63) is 23.8 Å². The van der Waals surface area contributed by atoms with E-state index >= 15 is 0 Å². The number of hydrogen-bond acceptors (Lipinski definition) is 4. The molecule has 0 heterocycles. The molecule has 24 heavy (non-hydrogen) atoms. The lowest BCUT2D eigenvalue weighted by atomic mass is 10.1. The van der Waals surface area contributed by atoms with Gasteiger partial charge in [0.1, 0.15) is 11.5 Å². The van der Waals surface area contributed by atoms with E-state index in [1.165, 1.54) is 0 Å². The Hall–Kier alpha value is -0.830. The molecule has 0 unspecified atom stereocenters. The first kappa shape index (κ1) is 23.2. The molecule has 0 saturated carbocycles. The van der Waals surface area contributed by atoms with Crippen molar-refractivity contribution in [3.63, 3.8) is 0 Å². The molecule has 0 atom stereocenters. The van der Waals surface area contributed by atoms with E-state index < -0.39 is 0 Å². The van der Waals surface area contributed by atoms with Gasteiger partial charge in [-0.25, -0.2) is 0 Å². The van der Waals surface area contributed by atoms with Gasteiger partial charge >= 0.3 is 0 Å². The van der Waals surface area contributed by atoms with Crippen LogP contribution in [0.1, 0.15) is 19.4 Å². The highest BCUT2D eigenvalue weighted by atomic mass is 127. The van der Waals surface area contributed by atoms with Crippen molar-refractivity contribution < 1.29 is 9.47 Å². The topological polar surface area (TPSA) is 54.9 Å². The lowest BCUT2D eigenvalue weighted by molar-refractivity contribution is 0.398. The van der Waals surface area contributed by atoms with E-state index in [9.17, 15) is 0 Å². The lowest BCUT2D eigenvalue weighted by Gasteiger charge is -2.23. The Morgan fingerprint density at radius 3 is 2.46 bits per heavy atom. The second-order valence-electron chi connectivity index (χ2n) is 5.74. The van der Waals surface area contributed by atoms with E-state index in [2.05, 4.69) is 35.7 Å². The van der Waals surface area contributed by atoms with Gasteiger partial charge in [-0.05, 0) is 50.3 Å². The van der Waals surface area contributed by atoms with Gasteiger partial charge in [0.15, 0.2) is 5.96 Å². The molecule has 0 saturated heterocycles. The number of ether oxygens (including phenoxy) is 2. The van der Waals surface area contributed by atoms with Gasteiger partial charge in [-0.2, -0.15) is 11.8 Å². The molecule has 0 aliphatic carbocycles. The van der Waals surface area contributed by atoms with Crippen molar-refractivity contribution in [1.82, 2.24) is 10.6 Å². The van der Waals surface area contributed by atoms with Gasteiger partial charge in [0.2, 0.25) is 0 Å². The van der Waals surface area contributed by atoms with Crippen LogP contribution in [0.4, 0.5) is 0 Å². The van der Waals surface area contributed by atoms with Crippen LogP contribution in [-0.4, -0.2) is 51.3 Å². The number of nitrogens with one attached hydrogen (secondary N) is 2. The summed E-state index contributed by atoms with van der Waals surface area (Å²) >= 11 is 1.83. The third-order valence-corrected chi connectivity index (χ3v) is 4.88. The number of guanidine groups is 1. The smallest absolute Gasteiger partial charge is 0.191 e. The molecule has 0 bridgehead atoms. The van der Waals surface area contributed by atoms with Crippen molar-refractivity contribution in [2.45, 2.75) is 25.0 Å². The van der Waals surface area contributed by atoms with Crippen LogP contribution in [-0.2, 0) is 6.42 Å². The number of benzene rings is 1. The largest absolute Gasteiger partial charge is 0.497 e. The van der Waals surface area contributed by atoms with Crippen LogP contribution in [0, 0.1) is 0 Å². The second kappa shape index (κ2) is 11.7. The Morgan fingerprint density at radius 1 is 1.21 bits per heavy atom. The molecule has 2 N–H and O–H groups in total. The summed E-state index contributed by atoms with van der Waals surface area (Å²) in [6.07, 6.45) is 2.94. The van der Waals surface area contributed by atoms with Crippen LogP contribution in [0.15, 0.2) is 23.2 Å². The van der Waals surface area contributed by atoms with Crippen LogP contribution >= 0.6 is 35.7 Å². The second-order valence-corrected chi connectivity index (χ2v) is 7.26. The molecule has 0 fully saturated rings. The van der Waals surface area contributed by atoms with Crippen molar-refractivity contribution in [3.8, 4) is 11.5 Å². The van der Waals surface area contributed by atoms with E-state index in [0.29, 0.717) is 0 Å². The molecule has 0 aliphatic rings. The number of hydrogen-bond donors (Lipinski definition) is 2. The molecule has 0 aliphatic heterocycles. The average molecular weight is 467 g/mol. The highest BCUT2D eigenvalue weighted by molar-refractivity contribution is 14.0. The fourth-order valence-electron chi connectivity index (χ4n) is 1.98. The molecule has 138 valence electrons. The molecular formula is C17H30IN3O2S. The highest BCUT2D eigenvalue weighted by Gasteiger charge is 2.16. The van der Waals surface area contributed by atoms with E-state index in [-0.39, 0.29) is 28.7 Å². The molecule has 0 aromatic heterocycles. The first-order valence-corrected chi connectivity index (χ1v) is 8.88. The molecule has 0 radical (unpaired) electrons. The third kappa shape index (κ3) is 7.83. The molecule has 1 rings (SSSR count). The minimum Gasteiger partial charge on any atom is -0.497 e. The van der Waals surface area contributed by atoms with E-state index in [1.54, 1.807) is 21.3 Å². The quantitative estimate of drug-likeness (QED) is 0.350. The minimum atomic E-state index is 0. The van der Waals surface area contributed by atoms with Gasteiger partial charge in [0, 0.05) is 24.9 Å². The number of halogens is 1. The van der Waals surface area contributed by atoms with E-state index in [1.807, 2.05) is 30.0 Å². The summed E-state index contributed by atoms with van der Waals surface area (Å²) in [5.41, 5.74) is 1.11. The zero-order chi connectivity index (χ0) is 17.3. The Kier molecular flexibility index (Phi) is 11.3. The summed E-state index contributed by atoms with van der Waals surface area (Å²) in [4.78, 5) is 4.26. The summed E-state index contributed by atoms with van der Waals surface area (Å²) < 4.78 is 10.9. The first-order valence-electron chi connectivity index (χ1n) is 7.66. The highest BCUT2D eigenvalue weighted by Crippen LogP contribution is 2.24. The molecular weight excluding hydrogens is 437 g/mol. The molecule has 5 nitrogen and oxygen atoms in total. The number of nitrogens with zero attached hydrogens (tertiary/aromatic N) is 1. The summed E-state index contributed by atoms with van der Waals surface area (Å²) in [5, 5.41) is 6.70. The molecule has 1 aromatic rings. The van der Waals surface area contributed by atoms with Crippen LogP contribution in [0.25, 0.3) is 0 Å². The van der Waals surface area contributed by atoms with Gasteiger partial charge in [-0.1, -0.05) is 0 Å². The van der Waals surface area contributed by atoms with Crippen LogP contribution in [0.2, 0.25) is 0 Å². The standard InChI is InChI=1S/C17H29N3O2S.HI/c1-17(2,23-6)12-20-16(18-3)19-10-9-13-11-14(21-4)7-8-15(13)22-5;/h7-8,11H,9-10,12H2,1-6H3,(H2,18,19,20);1H. The average Bonchev–Trinajstić information content (AvgIpc) is 2.57. The van der Waals surface area contributed by atoms with Gasteiger partial charge < -0.3 is 20.1 Å². The summed E-state index contributed by atoms with van der Waals surface area (Å²) in [6, 6.07) is 5.84. The maximum Gasteiger partial charge on any atom is 0.191 e. The first-order chi connectivity index (χ1) is 11.0. The Labute approximate surface area is 167 Å². The van der Waals surface area contributed by atoms with Crippen LogP contribution in [0.3, 0.4) is 0 Å². The predicted octanol–water partition coefficient (Wildman–Crippen LogP) is 3.17. The normalized spacial score (nSPS) is 11.5. The summed E-state index contributed by atoms with van der Waals surface area (Å²) in [6.45, 7) is 6.04. The fraction of sp³-hybridized carbons (Fsp3) is 0.588. The third-order valence-electron chi connectivity index (χ3n) is 3.63. The van der Waals surface area contributed by atoms with E-state index in [0.717, 1.165) is 42.5 Å². The zero-order valence-corrected chi connectivity index (χ0v) is 18.6. The Bertz CT molecular complexity index is 525. The number of rotatable bonds is 8. The Morgan fingerprint density at radius 2 is 1.92 bits per heavy atom. The van der Waals surface area contributed by atoms with Crippen molar-refractivity contribution in [2.75, 3.05) is 40.6 Å². The molecule has 0 amide bonds. The van der Waals surface area contributed by atoms with E-state index in [4.69, 9.17) is 9.47 Å². The summed E-state index contributed by atoms with van der Waals surface area (Å²) in [5.74, 6) is 2.53. The van der Waals surface area contributed by atoms with Crippen LogP contribution in [0.5, 0.6) is 11.5 Å². The van der Waals surface area contributed by atoms with Gasteiger partial charge in [0.05, 0.1) is 14.2 Å².